The highest BCUT2D eigenvalue weighted by atomic mass is 35.5. The van der Waals surface area contributed by atoms with Gasteiger partial charge in [-0.05, 0) is 12.1 Å². The summed E-state index contributed by atoms with van der Waals surface area (Å²) in [4.78, 5) is 44.2. The Balaban J connectivity index is 1.85. The summed E-state index contributed by atoms with van der Waals surface area (Å²) < 4.78 is 0. The summed E-state index contributed by atoms with van der Waals surface area (Å²) >= 11 is 6.56. The molecule has 0 fully saturated rings. The van der Waals surface area contributed by atoms with Gasteiger partial charge in [0.1, 0.15) is 5.15 Å². The maximum Gasteiger partial charge on any atom is 0.392 e. The van der Waals surface area contributed by atoms with Gasteiger partial charge in [0.2, 0.25) is 5.01 Å². The van der Waals surface area contributed by atoms with E-state index in [1.54, 1.807) is 12.1 Å². The summed E-state index contributed by atoms with van der Waals surface area (Å²) in [6, 6.07) is 6.22. The number of hydrogen-bond acceptors (Lipinski definition) is 6. The molecule has 2 amide bonds. The van der Waals surface area contributed by atoms with Crippen molar-refractivity contribution in [3.05, 3.63) is 50.9 Å². The molecule has 0 aliphatic carbocycles. The number of carbonyl (C=O) groups is 3. The minimum absolute atomic E-state index is 0.0356. The van der Waals surface area contributed by atoms with E-state index < -0.39 is 17.8 Å². The summed E-state index contributed by atoms with van der Waals surface area (Å²) in [5, 5.41) is 1.99. The van der Waals surface area contributed by atoms with Crippen molar-refractivity contribution in [2.45, 2.75) is 0 Å². The fourth-order valence-electron chi connectivity index (χ4n) is 1.72. The molecule has 0 N–H and O–H groups in total. The number of rotatable bonds is 2. The maximum atomic E-state index is 12.0. The third kappa shape index (κ3) is 1.97. The molecular weight excluding hydrogens is 304 g/mol. The molecule has 0 saturated carbocycles. The topological polar surface area (TPSA) is 76.6 Å². The fourth-order valence-corrected chi connectivity index (χ4v) is 2.53. The third-order valence-corrected chi connectivity index (χ3v) is 3.73. The van der Waals surface area contributed by atoms with Gasteiger partial charge in [-0.15, -0.1) is 11.3 Å². The number of thiazole rings is 1. The third-order valence-electron chi connectivity index (χ3n) is 2.58. The molecule has 20 heavy (non-hydrogen) atoms. The van der Waals surface area contributed by atoms with Gasteiger partial charge >= 0.3 is 5.97 Å². The molecular formula is C12H5ClN2O4S. The largest absolute Gasteiger partial charge is 0.392 e. The van der Waals surface area contributed by atoms with Crippen LogP contribution in [0, 0.1) is 0 Å². The van der Waals surface area contributed by atoms with Gasteiger partial charge in [0.05, 0.1) is 11.1 Å². The lowest BCUT2D eigenvalue weighted by atomic mass is 10.1. The SMILES string of the molecule is O=C(ON1C(=O)c2ccccc2C1=O)c1nc(Cl)cs1. The van der Waals surface area contributed by atoms with Crippen LogP contribution < -0.4 is 0 Å². The normalized spacial score (nSPS) is 13.6. The molecule has 8 heteroatoms. The molecule has 0 saturated heterocycles. The van der Waals surface area contributed by atoms with Gasteiger partial charge in [-0.2, -0.15) is 0 Å². The molecule has 1 aliphatic heterocycles. The lowest BCUT2D eigenvalue weighted by molar-refractivity contribution is -0.0584. The zero-order valence-electron chi connectivity index (χ0n) is 9.70. The standard InChI is InChI=1S/C12H5ClN2O4S/c13-8-5-20-9(14-8)12(18)19-15-10(16)6-3-1-2-4-7(6)11(15)17/h1-5H. The average Bonchev–Trinajstić information content (AvgIpc) is 2.98. The average molecular weight is 309 g/mol. The molecule has 1 aromatic heterocycles. The first-order chi connectivity index (χ1) is 9.58. The number of imide groups is 1. The molecule has 1 aromatic carbocycles. The highest BCUT2D eigenvalue weighted by Gasteiger charge is 2.39. The molecule has 1 aliphatic rings. The Kier molecular flexibility index (Phi) is 3.00. The molecule has 100 valence electrons. The van der Waals surface area contributed by atoms with Crippen molar-refractivity contribution >= 4 is 40.7 Å². The first-order valence-corrected chi connectivity index (χ1v) is 6.65. The van der Waals surface area contributed by atoms with Crippen LogP contribution in [0.2, 0.25) is 5.15 Å². The lowest BCUT2D eigenvalue weighted by Gasteiger charge is -2.11. The zero-order chi connectivity index (χ0) is 14.3. The smallest absolute Gasteiger partial charge is 0.322 e. The van der Waals surface area contributed by atoms with Crippen molar-refractivity contribution in [2.75, 3.05) is 0 Å². The second-order valence-corrected chi connectivity index (χ2v) is 5.05. The molecule has 3 rings (SSSR count). The highest BCUT2D eigenvalue weighted by Crippen LogP contribution is 2.24. The molecule has 0 radical (unpaired) electrons. The number of nitrogens with zero attached hydrogens (tertiary/aromatic N) is 2. The van der Waals surface area contributed by atoms with Gasteiger partial charge in [-0.1, -0.05) is 28.8 Å². The molecule has 0 bridgehead atoms. The van der Waals surface area contributed by atoms with Crippen LogP contribution in [0.25, 0.3) is 0 Å². The van der Waals surface area contributed by atoms with Crippen LogP contribution in [-0.2, 0) is 4.84 Å². The van der Waals surface area contributed by atoms with Crippen molar-refractivity contribution in [1.82, 2.24) is 10.0 Å². The van der Waals surface area contributed by atoms with Gasteiger partial charge in [-0.3, -0.25) is 9.59 Å². The van der Waals surface area contributed by atoms with Crippen molar-refractivity contribution in [1.29, 1.82) is 0 Å². The number of halogens is 1. The van der Waals surface area contributed by atoms with Gasteiger partial charge < -0.3 is 4.84 Å². The van der Waals surface area contributed by atoms with Crippen molar-refractivity contribution in [3.63, 3.8) is 0 Å². The van der Waals surface area contributed by atoms with E-state index in [-0.39, 0.29) is 21.3 Å². The molecule has 0 atom stereocenters. The summed E-state index contributed by atoms with van der Waals surface area (Å²) in [5.41, 5.74) is 0.393. The minimum atomic E-state index is -0.906. The predicted molar refractivity (Wildman–Crippen MR) is 69.5 cm³/mol. The van der Waals surface area contributed by atoms with E-state index in [0.717, 1.165) is 11.3 Å². The van der Waals surface area contributed by atoms with Crippen LogP contribution in [0.3, 0.4) is 0 Å². The van der Waals surface area contributed by atoms with Gasteiger partial charge in [-0.25, -0.2) is 9.78 Å². The zero-order valence-corrected chi connectivity index (χ0v) is 11.3. The fraction of sp³-hybridized carbons (Fsp3) is 0. The van der Waals surface area contributed by atoms with Crippen LogP contribution in [0.1, 0.15) is 30.5 Å². The minimum Gasteiger partial charge on any atom is -0.322 e. The van der Waals surface area contributed by atoms with Crippen LogP contribution >= 0.6 is 22.9 Å². The molecule has 2 aromatic rings. The van der Waals surface area contributed by atoms with Crippen LogP contribution in [-0.4, -0.2) is 27.8 Å². The number of amides is 2. The Labute approximate surface area is 121 Å². The van der Waals surface area contributed by atoms with E-state index >= 15 is 0 Å². The number of hydroxylamine groups is 2. The molecule has 0 spiro atoms. The van der Waals surface area contributed by atoms with E-state index in [1.165, 1.54) is 17.5 Å². The first kappa shape index (κ1) is 12.8. The highest BCUT2D eigenvalue weighted by molar-refractivity contribution is 7.12. The van der Waals surface area contributed by atoms with Crippen LogP contribution in [0.15, 0.2) is 29.6 Å². The Morgan fingerprint density at radius 2 is 1.80 bits per heavy atom. The second-order valence-electron chi connectivity index (χ2n) is 3.80. The second kappa shape index (κ2) is 4.69. The van der Waals surface area contributed by atoms with Gasteiger partial charge in [0.25, 0.3) is 11.8 Å². The number of fused-ring (bicyclic) bond motifs is 1. The van der Waals surface area contributed by atoms with Crippen molar-refractivity contribution < 1.29 is 19.2 Å². The summed E-state index contributed by atoms with van der Waals surface area (Å²) in [7, 11) is 0. The number of hydrogen-bond donors (Lipinski definition) is 0. The monoisotopic (exact) mass is 308 g/mol. The van der Waals surface area contributed by atoms with E-state index in [9.17, 15) is 14.4 Å². The Hall–Kier alpha value is -2.25. The van der Waals surface area contributed by atoms with Crippen LogP contribution in [0.4, 0.5) is 0 Å². The van der Waals surface area contributed by atoms with Gasteiger partial charge in [0.15, 0.2) is 0 Å². The molecule has 2 heterocycles. The molecule has 0 unspecified atom stereocenters. The van der Waals surface area contributed by atoms with Crippen molar-refractivity contribution in [2.24, 2.45) is 0 Å². The van der Waals surface area contributed by atoms with E-state index in [4.69, 9.17) is 16.4 Å². The van der Waals surface area contributed by atoms with Crippen molar-refractivity contribution in [3.8, 4) is 0 Å². The summed E-state index contributed by atoms with van der Waals surface area (Å²) in [6.45, 7) is 0. The predicted octanol–water partition coefficient (Wildman–Crippen LogP) is 2.16. The van der Waals surface area contributed by atoms with Crippen LogP contribution in [0.5, 0.6) is 0 Å². The lowest BCUT2D eigenvalue weighted by Crippen LogP contribution is -2.32. The Morgan fingerprint density at radius 3 is 2.30 bits per heavy atom. The first-order valence-electron chi connectivity index (χ1n) is 5.39. The summed E-state index contributed by atoms with van der Waals surface area (Å²) in [6.07, 6.45) is 0. The Bertz CT molecular complexity index is 708. The van der Waals surface area contributed by atoms with E-state index in [0.29, 0.717) is 5.06 Å². The maximum absolute atomic E-state index is 12.0. The number of aromatic nitrogens is 1. The summed E-state index contributed by atoms with van der Waals surface area (Å²) in [5.74, 6) is -2.26. The van der Waals surface area contributed by atoms with E-state index in [1.807, 2.05) is 0 Å². The quantitative estimate of drug-likeness (QED) is 0.795. The number of carbonyl (C=O) groups excluding carboxylic acids is 3. The van der Waals surface area contributed by atoms with Gasteiger partial charge in [0, 0.05) is 5.38 Å². The number of benzene rings is 1. The Morgan fingerprint density at radius 1 is 1.20 bits per heavy atom. The van der Waals surface area contributed by atoms with E-state index in [2.05, 4.69) is 4.98 Å². The molecule has 6 nitrogen and oxygen atoms in total.